The van der Waals surface area contributed by atoms with Crippen LogP contribution >= 0.6 is 11.3 Å². The fourth-order valence-electron chi connectivity index (χ4n) is 1.63. The highest BCUT2D eigenvalue weighted by Gasteiger charge is 2.21. The van der Waals surface area contributed by atoms with Crippen LogP contribution in [0.3, 0.4) is 0 Å². The SMILES string of the molecule is Cc1csc(C(=O)O)c1NC(=O)c1cc(F)c(F)cc1F. The summed E-state index contributed by atoms with van der Waals surface area (Å²) in [4.78, 5) is 22.8. The van der Waals surface area contributed by atoms with Crippen molar-refractivity contribution in [2.24, 2.45) is 0 Å². The van der Waals surface area contributed by atoms with Crippen LogP contribution in [-0.4, -0.2) is 17.0 Å². The largest absolute Gasteiger partial charge is 0.477 e. The van der Waals surface area contributed by atoms with Crippen LogP contribution in [0.2, 0.25) is 0 Å². The van der Waals surface area contributed by atoms with Crippen LogP contribution in [-0.2, 0) is 0 Å². The predicted molar refractivity (Wildman–Crippen MR) is 70.3 cm³/mol. The van der Waals surface area contributed by atoms with Gasteiger partial charge in [-0.3, -0.25) is 4.79 Å². The van der Waals surface area contributed by atoms with Crippen LogP contribution in [0.1, 0.15) is 25.6 Å². The third-order valence-electron chi connectivity index (χ3n) is 2.66. The molecule has 0 unspecified atom stereocenters. The molecule has 0 radical (unpaired) electrons. The van der Waals surface area contributed by atoms with Gasteiger partial charge >= 0.3 is 5.97 Å². The topological polar surface area (TPSA) is 66.4 Å². The molecule has 1 aromatic heterocycles. The molecule has 2 rings (SSSR count). The van der Waals surface area contributed by atoms with Crippen molar-refractivity contribution in [1.29, 1.82) is 0 Å². The monoisotopic (exact) mass is 315 g/mol. The van der Waals surface area contributed by atoms with E-state index in [-0.39, 0.29) is 16.6 Å². The second-order valence-corrected chi connectivity index (χ2v) is 5.01. The maximum Gasteiger partial charge on any atom is 0.348 e. The second-order valence-electron chi connectivity index (χ2n) is 4.13. The van der Waals surface area contributed by atoms with Crippen LogP contribution in [0.4, 0.5) is 18.9 Å². The molecule has 1 heterocycles. The minimum atomic E-state index is -1.41. The summed E-state index contributed by atoms with van der Waals surface area (Å²) < 4.78 is 39.4. The molecule has 0 aliphatic carbocycles. The van der Waals surface area contributed by atoms with E-state index in [1.165, 1.54) is 5.38 Å². The number of hydrogen-bond acceptors (Lipinski definition) is 3. The summed E-state index contributed by atoms with van der Waals surface area (Å²) in [7, 11) is 0. The quantitative estimate of drug-likeness (QED) is 0.853. The van der Waals surface area contributed by atoms with Crippen molar-refractivity contribution in [3.8, 4) is 0 Å². The number of aryl methyl sites for hydroxylation is 1. The number of nitrogens with one attached hydrogen (secondary N) is 1. The molecule has 110 valence electrons. The molecule has 0 fully saturated rings. The summed E-state index contributed by atoms with van der Waals surface area (Å²) in [5.41, 5.74) is -0.244. The number of hydrogen-bond donors (Lipinski definition) is 2. The van der Waals surface area contributed by atoms with Crippen molar-refractivity contribution in [2.75, 3.05) is 5.32 Å². The van der Waals surface area contributed by atoms with Crippen molar-refractivity contribution in [3.63, 3.8) is 0 Å². The lowest BCUT2D eigenvalue weighted by molar-refractivity contribution is 0.0703. The first-order valence-corrected chi connectivity index (χ1v) is 6.46. The molecule has 0 saturated carbocycles. The Kier molecular flexibility index (Phi) is 3.99. The summed E-state index contributed by atoms with van der Waals surface area (Å²) in [6.45, 7) is 1.56. The minimum absolute atomic E-state index is 0.00151. The Bertz CT molecular complexity index is 743. The Morgan fingerprint density at radius 1 is 1.14 bits per heavy atom. The lowest BCUT2D eigenvalue weighted by Crippen LogP contribution is -2.16. The van der Waals surface area contributed by atoms with Crippen LogP contribution < -0.4 is 5.32 Å². The smallest absolute Gasteiger partial charge is 0.348 e. The summed E-state index contributed by atoms with van der Waals surface area (Å²) in [5.74, 6) is -6.34. The van der Waals surface area contributed by atoms with Gasteiger partial charge in [-0.25, -0.2) is 18.0 Å². The third kappa shape index (κ3) is 2.89. The normalized spacial score (nSPS) is 10.5. The van der Waals surface area contributed by atoms with Gasteiger partial charge in [0.05, 0.1) is 11.3 Å². The van der Waals surface area contributed by atoms with Crippen LogP contribution in [0.5, 0.6) is 0 Å². The number of carbonyl (C=O) groups excluding carboxylic acids is 1. The zero-order chi connectivity index (χ0) is 15.7. The Balaban J connectivity index is 2.37. The van der Waals surface area contributed by atoms with E-state index in [0.717, 1.165) is 11.3 Å². The fourth-order valence-corrected chi connectivity index (χ4v) is 2.48. The number of halogens is 3. The second kappa shape index (κ2) is 5.57. The van der Waals surface area contributed by atoms with Gasteiger partial charge in [0.1, 0.15) is 10.7 Å². The van der Waals surface area contributed by atoms with E-state index in [0.29, 0.717) is 11.6 Å². The fraction of sp³-hybridized carbons (Fsp3) is 0.0769. The first-order valence-electron chi connectivity index (χ1n) is 5.58. The van der Waals surface area contributed by atoms with E-state index in [1.807, 2.05) is 0 Å². The highest BCUT2D eigenvalue weighted by molar-refractivity contribution is 7.12. The maximum absolute atomic E-state index is 13.5. The molecule has 8 heteroatoms. The van der Waals surface area contributed by atoms with Crippen LogP contribution in [0.25, 0.3) is 0 Å². The Labute approximate surface area is 120 Å². The first-order chi connectivity index (χ1) is 9.81. The average Bonchev–Trinajstić information content (AvgIpc) is 2.75. The number of thiophene rings is 1. The van der Waals surface area contributed by atoms with Crippen molar-refractivity contribution in [3.05, 3.63) is 51.0 Å². The van der Waals surface area contributed by atoms with Crippen molar-refractivity contribution < 1.29 is 27.9 Å². The summed E-state index contributed by atoms with van der Waals surface area (Å²) in [6.07, 6.45) is 0. The van der Waals surface area contributed by atoms with Gasteiger partial charge in [-0.15, -0.1) is 11.3 Å². The molecule has 2 aromatic rings. The van der Waals surface area contributed by atoms with Gasteiger partial charge in [0.25, 0.3) is 5.91 Å². The molecule has 1 aromatic carbocycles. The molecule has 1 amide bonds. The van der Waals surface area contributed by atoms with E-state index in [4.69, 9.17) is 5.11 Å². The molecule has 0 aliphatic rings. The number of carboxylic acids is 1. The standard InChI is InChI=1S/C13H8F3NO3S/c1-5-4-21-11(13(19)20)10(5)17-12(18)6-2-8(15)9(16)3-7(6)14/h2-4H,1H3,(H,17,18)(H,19,20). The number of anilines is 1. The van der Waals surface area contributed by atoms with Gasteiger partial charge in [0.15, 0.2) is 11.6 Å². The molecule has 0 aliphatic heterocycles. The average molecular weight is 315 g/mol. The highest BCUT2D eigenvalue weighted by atomic mass is 32.1. The number of benzene rings is 1. The Hall–Kier alpha value is -2.35. The predicted octanol–water partition coefficient (Wildman–Crippen LogP) is 3.42. The van der Waals surface area contributed by atoms with Gasteiger partial charge in [0, 0.05) is 6.07 Å². The highest BCUT2D eigenvalue weighted by Crippen LogP contribution is 2.28. The molecule has 2 N–H and O–H groups in total. The van der Waals surface area contributed by atoms with E-state index in [1.54, 1.807) is 6.92 Å². The number of carboxylic acid groups (broad SMARTS) is 1. The zero-order valence-electron chi connectivity index (χ0n) is 10.5. The van der Waals surface area contributed by atoms with Crippen molar-refractivity contribution >= 4 is 28.9 Å². The number of carbonyl (C=O) groups is 2. The molecule has 0 spiro atoms. The first kappa shape index (κ1) is 15.0. The molecule has 21 heavy (non-hydrogen) atoms. The van der Waals surface area contributed by atoms with Crippen molar-refractivity contribution in [2.45, 2.75) is 6.92 Å². The summed E-state index contributed by atoms with van der Waals surface area (Å²) in [5, 5.41) is 12.7. The van der Waals surface area contributed by atoms with Crippen LogP contribution in [0, 0.1) is 24.4 Å². The van der Waals surface area contributed by atoms with Crippen LogP contribution in [0.15, 0.2) is 17.5 Å². The third-order valence-corrected chi connectivity index (χ3v) is 3.75. The van der Waals surface area contributed by atoms with E-state index >= 15 is 0 Å². The number of aromatic carboxylic acids is 1. The van der Waals surface area contributed by atoms with Gasteiger partial charge in [-0.05, 0) is 23.9 Å². The zero-order valence-corrected chi connectivity index (χ0v) is 11.4. The lowest BCUT2D eigenvalue weighted by atomic mass is 10.1. The number of rotatable bonds is 3. The minimum Gasteiger partial charge on any atom is -0.477 e. The molecule has 0 saturated heterocycles. The van der Waals surface area contributed by atoms with Crippen molar-refractivity contribution in [1.82, 2.24) is 0 Å². The lowest BCUT2D eigenvalue weighted by Gasteiger charge is -2.07. The van der Waals surface area contributed by atoms with Gasteiger partial charge in [-0.2, -0.15) is 0 Å². The molecular formula is C13H8F3NO3S. The molecule has 4 nitrogen and oxygen atoms in total. The van der Waals surface area contributed by atoms with Gasteiger partial charge in [0.2, 0.25) is 0 Å². The molecular weight excluding hydrogens is 307 g/mol. The van der Waals surface area contributed by atoms with E-state index < -0.39 is 34.9 Å². The summed E-state index contributed by atoms with van der Waals surface area (Å²) >= 11 is 0.889. The maximum atomic E-state index is 13.5. The Morgan fingerprint density at radius 2 is 1.76 bits per heavy atom. The van der Waals surface area contributed by atoms with E-state index in [9.17, 15) is 22.8 Å². The van der Waals surface area contributed by atoms with Gasteiger partial charge in [-0.1, -0.05) is 0 Å². The summed E-state index contributed by atoms with van der Waals surface area (Å²) in [6, 6.07) is 0.672. The molecule has 0 bridgehead atoms. The number of amides is 1. The molecule has 0 atom stereocenters. The van der Waals surface area contributed by atoms with Gasteiger partial charge < -0.3 is 10.4 Å². The Morgan fingerprint density at radius 3 is 2.38 bits per heavy atom. The van der Waals surface area contributed by atoms with E-state index in [2.05, 4.69) is 5.32 Å².